The summed E-state index contributed by atoms with van der Waals surface area (Å²) in [5.74, 6) is -0.885. The summed E-state index contributed by atoms with van der Waals surface area (Å²) in [4.78, 5) is 24.0. The number of amides is 1. The maximum absolute atomic E-state index is 13.8. The minimum atomic E-state index is -0.835. The van der Waals surface area contributed by atoms with Gasteiger partial charge < -0.3 is 23.9 Å². The second-order valence-corrected chi connectivity index (χ2v) is 6.10. The van der Waals surface area contributed by atoms with Crippen molar-refractivity contribution in [2.24, 2.45) is 0 Å². The lowest BCUT2D eigenvalue weighted by atomic mass is 10.1. The molecule has 152 valence electrons. The van der Waals surface area contributed by atoms with Crippen LogP contribution >= 0.6 is 0 Å². The van der Waals surface area contributed by atoms with E-state index in [1.54, 1.807) is 25.1 Å². The second-order valence-electron chi connectivity index (χ2n) is 6.10. The van der Waals surface area contributed by atoms with Gasteiger partial charge in [0, 0.05) is 10.9 Å². The minimum Gasteiger partial charge on any atom is -0.493 e. The number of esters is 1. The minimum absolute atomic E-state index is 0.0186. The van der Waals surface area contributed by atoms with E-state index in [9.17, 15) is 14.0 Å². The summed E-state index contributed by atoms with van der Waals surface area (Å²) in [5, 5.41) is 3.06. The van der Waals surface area contributed by atoms with Crippen molar-refractivity contribution in [1.82, 2.24) is 5.32 Å². The average Bonchev–Trinajstić information content (AvgIpc) is 3.08. The fourth-order valence-electron chi connectivity index (χ4n) is 2.74. The standard InChI is InChI=1S/C21H20FNO6/c1-13-14-6-5-7-15(22)20(14)29-19(13)21(25)28-12-18(24)23-10-11-27-17-9-4-3-8-16(17)26-2/h3-9H,10-12H2,1-2H3,(H,23,24). The number of fused-ring (bicyclic) bond motifs is 1. The Balaban J connectivity index is 1.46. The predicted molar refractivity (Wildman–Crippen MR) is 103 cm³/mol. The van der Waals surface area contributed by atoms with E-state index in [-0.39, 0.29) is 24.5 Å². The molecule has 8 heteroatoms. The van der Waals surface area contributed by atoms with Crippen LogP contribution in [0.5, 0.6) is 11.5 Å². The van der Waals surface area contributed by atoms with Crippen LogP contribution in [0.2, 0.25) is 0 Å². The number of methoxy groups -OCH3 is 1. The number of halogens is 1. The first-order valence-electron chi connectivity index (χ1n) is 8.88. The Kier molecular flexibility index (Phi) is 6.33. The zero-order valence-electron chi connectivity index (χ0n) is 16.0. The summed E-state index contributed by atoms with van der Waals surface area (Å²) in [5.41, 5.74) is 0.435. The largest absolute Gasteiger partial charge is 0.493 e. The van der Waals surface area contributed by atoms with E-state index in [4.69, 9.17) is 18.6 Å². The van der Waals surface area contributed by atoms with Crippen molar-refractivity contribution in [3.8, 4) is 11.5 Å². The molecule has 0 aliphatic carbocycles. The van der Waals surface area contributed by atoms with Crippen molar-refractivity contribution >= 4 is 22.8 Å². The molecular formula is C21H20FNO6. The molecule has 29 heavy (non-hydrogen) atoms. The molecule has 0 radical (unpaired) electrons. The van der Waals surface area contributed by atoms with Crippen LogP contribution in [-0.2, 0) is 9.53 Å². The molecule has 0 saturated heterocycles. The fourth-order valence-corrected chi connectivity index (χ4v) is 2.74. The Morgan fingerprint density at radius 3 is 2.59 bits per heavy atom. The second kappa shape index (κ2) is 9.09. The summed E-state index contributed by atoms with van der Waals surface area (Å²) in [7, 11) is 1.54. The van der Waals surface area contributed by atoms with Gasteiger partial charge in [-0.15, -0.1) is 0 Å². The fraction of sp³-hybridized carbons (Fsp3) is 0.238. The number of ether oxygens (including phenoxy) is 3. The molecule has 0 bridgehead atoms. The van der Waals surface area contributed by atoms with Crippen LogP contribution in [0.4, 0.5) is 4.39 Å². The van der Waals surface area contributed by atoms with E-state index in [0.29, 0.717) is 22.4 Å². The zero-order chi connectivity index (χ0) is 20.8. The Morgan fingerprint density at radius 2 is 1.86 bits per heavy atom. The van der Waals surface area contributed by atoms with Gasteiger partial charge in [0.05, 0.1) is 13.7 Å². The quantitative estimate of drug-likeness (QED) is 0.461. The molecule has 1 amide bonds. The van der Waals surface area contributed by atoms with Crippen LogP contribution in [0.3, 0.4) is 0 Å². The number of nitrogens with one attached hydrogen (secondary N) is 1. The molecule has 3 rings (SSSR count). The molecule has 1 heterocycles. The lowest BCUT2D eigenvalue weighted by Gasteiger charge is -2.10. The Labute approximate surface area is 166 Å². The highest BCUT2D eigenvalue weighted by Gasteiger charge is 2.21. The molecule has 0 aliphatic rings. The Morgan fingerprint density at radius 1 is 1.10 bits per heavy atom. The summed E-state index contributed by atoms with van der Waals surface area (Å²) >= 11 is 0. The zero-order valence-corrected chi connectivity index (χ0v) is 16.0. The molecule has 1 aromatic heterocycles. The van der Waals surface area contributed by atoms with Crippen molar-refractivity contribution in [2.75, 3.05) is 26.9 Å². The number of carbonyl (C=O) groups is 2. The third-order valence-corrected chi connectivity index (χ3v) is 4.19. The molecular weight excluding hydrogens is 381 g/mol. The van der Waals surface area contributed by atoms with Gasteiger partial charge in [0.1, 0.15) is 6.61 Å². The highest BCUT2D eigenvalue weighted by molar-refractivity contribution is 5.96. The topological polar surface area (TPSA) is 87.0 Å². The Hall–Kier alpha value is -3.55. The maximum Gasteiger partial charge on any atom is 0.375 e. The lowest BCUT2D eigenvalue weighted by Crippen LogP contribution is -2.32. The number of hydrogen-bond donors (Lipinski definition) is 1. The molecule has 7 nitrogen and oxygen atoms in total. The molecule has 0 aliphatic heterocycles. The van der Waals surface area contributed by atoms with Crippen molar-refractivity contribution in [2.45, 2.75) is 6.92 Å². The highest BCUT2D eigenvalue weighted by Crippen LogP contribution is 2.28. The summed E-state index contributed by atoms with van der Waals surface area (Å²) in [6.07, 6.45) is 0. The van der Waals surface area contributed by atoms with Gasteiger partial charge in [0.15, 0.2) is 29.5 Å². The first kappa shape index (κ1) is 20.2. The normalized spacial score (nSPS) is 10.6. The van der Waals surface area contributed by atoms with Gasteiger partial charge in [-0.05, 0) is 25.1 Å². The maximum atomic E-state index is 13.8. The number of benzene rings is 2. The number of furan rings is 1. The van der Waals surface area contributed by atoms with Crippen LogP contribution in [0, 0.1) is 12.7 Å². The van der Waals surface area contributed by atoms with Gasteiger partial charge in [0.25, 0.3) is 5.91 Å². The Bertz CT molecular complexity index is 1030. The van der Waals surface area contributed by atoms with Crippen molar-refractivity contribution in [1.29, 1.82) is 0 Å². The molecule has 0 spiro atoms. The van der Waals surface area contributed by atoms with Crippen LogP contribution in [-0.4, -0.2) is 38.7 Å². The summed E-state index contributed by atoms with van der Waals surface area (Å²) < 4.78 is 34.7. The van der Waals surface area contributed by atoms with Gasteiger partial charge in [-0.25, -0.2) is 9.18 Å². The third-order valence-electron chi connectivity index (χ3n) is 4.19. The van der Waals surface area contributed by atoms with Crippen LogP contribution in [0.1, 0.15) is 16.1 Å². The van der Waals surface area contributed by atoms with Crippen LogP contribution < -0.4 is 14.8 Å². The van der Waals surface area contributed by atoms with Gasteiger partial charge in [-0.1, -0.05) is 24.3 Å². The van der Waals surface area contributed by atoms with Gasteiger partial charge in [0.2, 0.25) is 5.76 Å². The van der Waals surface area contributed by atoms with E-state index >= 15 is 0 Å². The summed E-state index contributed by atoms with van der Waals surface area (Å²) in [6.45, 7) is 1.55. The number of carbonyl (C=O) groups excluding carboxylic acids is 2. The summed E-state index contributed by atoms with van der Waals surface area (Å²) in [6, 6.07) is 11.5. The molecule has 0 atom stereocenters. The first-order chi connectivity index (χ1) is 14.0. The molecule has 3 aromatic rings. The van der Waals surface area contributed by atoms with Gasteiger partial charge in [-0.3, -0.25) is 4.79 Å². The van der Waals surface area contributed by atoms with Gasteiger partial charge in [-0.2, -0.15) is 0 Å². The molecule has 0 fully saturated rings. The molecule has 0 unspecified atom stereocenters. The third kappa shape index (κ3) is 4.66. The number of aryl methyl sites for hydroxylation is 1. The van der Waals surface area contributed by atoms with Crippen molar-refractivity contribution in [3.05, 3.63) is 59.6 Å². The van der Waals surface area contributed by atoms with Crippen LogP contribution in [0.25, 0.3) is 11.0 Å². The predicted octanol–water partition coefficient (Wildman–Crippen LogP) is 3.24. The van der Waals surface area contributed by atoms with E-state index < -0.39 is 24.3 Å². The lowest BCUT2D eigenvalue weighted by molar-refractivity contribution is -0.124. The number of para-hydroxylation sites is 3. The van der Waals surface area contributed by atoms with Crippen molar-refractivity contribution < 1.29 is 32.6 Å². The average molecular weight is 401 g/mol. The number of rotatable bonds is 8. The molecule has 1 N–H and O–H groups in total. The monoisotopic (exact) mass is 401 g/mol. The smallest absolute Gasteiger partial charge is 0.375 e. The molecule has 0 saturated carbocycles. The number of hydrogen-bond acceptors (Lipinski definition) is 6. The first-order valence-corrected chi connectivity index (χ1v) is 8.88. The van der Waals surface area contributed by atoms with Crippen molar-refractivity contribution in [3.63, 3.8) is 0 Å². The molecule has 2 aromatic carbocycles. The highest BCUT2D eigenvalue weighted by atomic mass is 19.1. The van der Waals surface area contributed by atoms with E-state index in [2.05, 4.69) is 5.32 Å². The van der Waals surface area contributed by atoms with E-state index in [1.807, 2.05) is 12.1 Å². The van der Waals surface area contributed by atoms with Crippen LogP contribution in [0.15, 0.2) is 46.9 Å². The van der Waals surface area contributed by atoms with E-state index in [0.717, 1.165) is 0 Å². The van der Waals surface area contributed by atoms with Gasteiger partial charge >= 0.3 is 5.97 Å². The SMILES string of the molecule is COc1ccccc1OCCNC(=O)COC(=O)c1oc2c(F)cccc2c1C. The van der Waals surface area contributed by atoms with E-state index in [1.165, 1.54) is 19.2 Å².